The number of nitrogens with one attached hydrogen (secondary N) is 1. The predicted molar refractivity (Wildman–Crippen MR) is 98.3 cm³/mol. The SMILES string of the molecule is O=C(CNC(=O)C1CCN(C(=O)Oc2cccnc2)CC1)c1cccc(F)c1. The summed E-state index contributed by atoms with van der Waals surface area (Å²) in [5.41, 5.74) is 0.216. The van der Waals surface area contributed by atoms with Crippen LogP contribution in [0.2, 0.25) is 0 Å². The van der Waals surface area contributed by atoms with Gasteiger partial charge in [0.1, 0.15) is 5.82 Å². The van der Waals surface area contributed by atoms with Crippen molar-refractivity contribution in [2.75, 3.05) is 19.6 Å². The van der Waals surface area contributed by atoms with E-state index in [1.165, 1.54) is 29.3 Å². The molecule has 2 aromatic rings. The monoisotopic (exact) mass is 385 g/mol. The first-order valence-electron chi connectivity index (χ1n) is 8.96. The Morgan fingerprint density at radius 2 is 1.96 bits per heavy atom. The fourth-order valence-corrected chi connectivity index (χ4v) is 2.97. The van der Waals surface area contributed by atoms with Crippen molar-refractivity contribution in [3.8, 4) is 5.75 Å². The van der Waals surface area contributed by atoms with E-state index in [0.717, 1.165) is 6.07 Å². The van der Waals surface area contributed by atoms with Gasteiger partial charge in [0, 0.05) is 30.8 Å². The molecule has 3 rings (SSSR count). The third-order valence-electron chi connectivity index (χ3n) is 4.53. The molecule has 7 nitrogen and oxygen atoms in total. The zero-order valence-corrected chi connectivity index (χ0v) is 15.1. The fourth-order valence-electron chi connectivity index (χ4n) is 2.97. The average molecular weight is 385 g/mol. The maximum Gasteiger partial charge on any atom is 0.415 e. The van der Waals surface area contributed by atoms with E-state index in [0.29, 0.717) is 31.7 Å². The minimum Gasteiger partial charge on any atom is -0.409 e. The lowest BCUT2D eigenvalue weighted by Gasteiger charge is -2.30. The summed E-state index contributed by atoms with van der Waals surface area (Å²) in [4.78, 5) is 41.9. The number of hydrogen-bond donors (Lipinski definition) is 1. The highest BCUT2D eigenvalue weighted by molar-refractivity contribution is 5.99. The topological polar surface area (TPSA) is 88.6 Å². The van der Waals surface area contributed by atoms with Gasteiger partial charge in [0.05, 0.1) is 12.7 Å². The lowest BCUT2D eigenvalue weighted by atomic mass is 9.96. The molecule has 28 heavy (non-hydrogen) atoms. The van der Waals surface area contributed by atoms with Gasteiger partial charge in [0.15, 0.2) is 11.5 Å². The van der Waals surface area contributed by atoms with Crippen LogP contribution < -0.4 is 10.1 Å². The van der Waals surface area contributed by atoms with Crippen LogP contribution in [0.4, 0.5) is 9.18 Å². The molecule has 0 spiro atoms. The second-order valence-electron chi connectivity index (χ2n) is 6.47. The van der Waals surface area contributed by atoms with Crippen molar-refractivity contribution >= 4 is 17.8 Å². The van der Waals surface area contributed by atoms with Crippen molar-refractivity contribution in [3.05, 3.63) is 60.2 Å². The summed E-state index contributed by atoms with van der Waals surface area (Å²) in [6.07, 6.45) is 3.51. The molecule has 1 aromatic carbocycles. The summed E-state index contributed by atoms with van der Waals surface area (Å²) < 4.78 is 18.4. The second kappa shape index (κ2) is 9.07. The number of ketones is 1. The van der Waals surface area contributed by atoms with E-state index in [2.05, 4.69) is 10.3 Å². The number of hydrogen-bond acceptors (Lipinski definition) is 5. The van der Waals surface area contributed by atoms with Crippen LogP contribution in [-0.2, 0) is 4.79 Å². The van der Waals surface area contributed by atoms with Crippen molar-refractivity contribution in [2.24, 2.45) is 5.92 Å². The number of rotatable bonds is 5. The van der Waals surface area contributed by atoms with Crippen LogP contribution in [0.15, 0.2) is 48.8 Å². The molecule has 1 aliphatic heterocycles. The van der Waals surface area contributed by atoms with E-state index in [9.17, 15) is 18.8 Å². The Bertz CT molecular complexity index is 852. The van der Waals surface area contributed by atoms with Crippen molar-refractivity contribution < 1.29 is 23.5 Å². The van der Waals surface area contributed by atoms with Gasteiger partial charge in [-0.05, 0) is 37.1 Å². The molecule has 0 aliphatic carbocycles. The summed E-state index contributed by atoms with van der Waals surface area (Å²) in [5, 5.41) is 2.60. The number of halogens is 1. The number of aromatic nitrogens is 1. The third kappa shape index (κ3) is 5.12. The standard InChI is InChI=1S/C20H20FN3O4/c21-16-4-1-3-15(11-16)18(25)13-23-19(26)14-6-9-24(10-7-14)20(27)28-17-5-2-8-22-12-17/h1-5,8,11-12,14H,6-7,9-10,13H2,(H,23,26). The second-order valence-corrected chi connectivity index (χ2v) is 6.47. The van der Waals surface area contributed by atoms with Crippen molar-refractivity contribution in [1.29, 1.82) is 0 Å². The van der Waals surface area contributed by atoms with Gasteiger partial charge in [-0.1, -0.05) is 12.1 Å². The largest absolute Gasteiger partial charge is 0.415 e. The first-order valence-corrected chi connectivity index (χ1v) is 8.96. The molecule has 1 saturated heterocycles. The van der Waals surface area contributed by atoms with E-state index in [1.54, 1.807) is 18.3 Å². The molecule has 2 heterocycles. The zero-order valence-electron chi connectivity index (χ0n) is 15.1. The van der Waals surface area contributed by atoms with Gasteiger partial charge in [0.2, 0.25) is 5.91 Å². The first-order chi connectivity index (χ1) is 13.5. The van der Waals surface area contributed by atoms with Gasteiger partial charge in [0.25, 0.3) is 0 Å². The van der Waals surface area contributed by atoms with Gasteiger partial charge in [-0.3, -0.25) is 14.6 Å². The van der Waals surface area contributed by atoms with Gasteiger partial charge in [-0.2, -0.15) is 0 Å². The summed E-state index contributed by atoms with van der Waals surface area (Å²) in [6.45, 7) is 0.579. The molecule has 1 fully saturated rings. The lowest BCUT2D eigenvalue weighted by molar-refractivity contribution is -0.126. The van der Waals surface area contributed by atoms with Gasteiger partial charge in [-0.25, -0.2) is 9.18 Å². The number of likely N-dealkylation sites (tertiary alicyclic amines) is 1. The number of amides is 2. The molecule has 8 heteroatoms. The van der Waals surface area contributed by atoms with Gasteiger partial charge >= 0.3 is 6.09 Å². The Hall–Kier alpha value is -3.29. The molecule has 1 aromatic heterocycles. The summed E-state index contributed by atoms with van der Waals surface area (Å²) in [5.74, 6) is -1.02. The molecular formula is C20H20FN3O4. The fraction of sp³-hybridized carbons (Fsp3) is 0.300. The van der Waals surface area contributed by atoms with Gasteiger partial charge in [-0.15, -0.1) is 0 Å². The summed E-state index contributed by atoms with van der Waals surface area (Å²) in [7, 11) is 0. The van der Waals surface area contributed by atoms with E-state index < -0.39 is 11.9 Å². The molecule has 1 N–H and O–H groups in total. The maximum atomic E-state index is 13.2. The number of nitrogens with zero attached hydrogens (tertiary/aromatic N) is 2. The van der Waals surface area contributed by atoms with E-state index in [4.69, 9.17) is 4.74 Å². The summed E-state index contributed by atoms with van der Waals surface area (Å²) >= 11 is 0. The average Bonchev–Trinajstić information content (AvgIpc) is 2.72. The minimum atomic E-state index is -0.497. The Kier molecular flexibility index (Phi) is 6.31. The Balaban J connectivity index is 1.43. The normalized spacial score (nSPS) is 14.4. The molecule has 0 saturated carbocycles. The van der Waals surface area contributed by atoms with Crippen LogP contribution >= 0.6 is 0 Å². The van der Waals surface area contributed by atoms with E-state index in [1.807, 2.05) is 0 Å². The van der Waals surface area contributed by atoms with Crippen molar-refractivity contribution in [2.45, 2.75) is 12.8 Å². The van der Waals surface area contributed by atoms with Crippen molar-refractivity contribution in [3.63, 3.8) is 0 Å². The van der Waals surface area contributed by atoms with Crippen LogP contribution in [0.1, 0.15) is 23.2 Å². The molecule has 0 unspecified atom stereocenters. The van der Waals surface area contributed by atoms with Crippen LogP contribution in [0, 0.1) is 11.7 Å². The third-order valence-corrected chi connectivity index (χ3v) is 4.53. The first kappa shape index (κ1) is 19.5. The Morgan fingerprint density at radius 1 is 1.18 bits per heavy atom. The minimum absolute atomic E-state index is 0.189. The molecule has 146 valence electrons. The lowest BCUT2D eigenvalue weighted by Crippen LogP contribution is -2.44. The Morgan fingerprint density at radius 3 is 2.64 bits per heavy atom. The van der Waals surface area contributed by atoms with Crippen LogP contribution in [0.3, 0.4) is 0 Å². The highest BCUT2D eigenvalue weighted by Crippen LogP contribution is 2.19. The highest BCUT2D eigenvalue weighted by Gasteiger charge is 2.28. The molecule has 2 amide bonds. The molecule has 0 bridgehead atoms. The molecule has 0 radical (unpaired) electrons. The number of pyridine rings is 1. The van der Waals surface area contributed by atoms with Crippen molar-refractivity contribution in [1.82, 2.24) is 15.2 Å². The maximum absolute atomic E-state index is 13.2. The van der Waals surface area contributed by atoms with Crippen LogP contribution in [-0.4, -0.2) is 47.3 Å². The number of carbonyl (C=O) groups excluding carboxylic acids is 3. The van der Waals surface area contributed by atoms with Crippen LogP contribution in [0.5, 0.6) is 5.75 Å². The van der Waals surface area contributed by atoms with E-state index >= 15 is 0 Å². The number of piperidine rings is 1. The quantitative estimate of drug-likeness (QED) is 0.799. The van der Waals surface area contributed by atoms with Gasteiger partial charge < -0.3 is 15.0 Å². The molecular weight excluding hydrogens is 365 g/mol. The predicted octanol–water partition coefficient (Wildman–Crippen LogP) is 2.43. The number of ether oxygens (including phenoxy) is 1. The number of Topliss-reactive ketones (excluding diaryl/α,β-unsaturated/α-hetero) is 1. The molecule has 1 aliphatic rings. The smallest absolute Gasteiger partial charge is 0.409 e. The van der Waals surface area contributed by atoms with E-state index in [-0.39, 0.29) is 29.7 Å². The number of carbonyl (C=O) groups is 3. The number of benzene rings is 1. The molecule has 0 atom stereocenters. The highest BCUT2D eigenvalue weighted by atomic mass is 19.1. The summed E-state index contributed by atoms with van der Waals surface area (Å²) in [6, 6.07) is 8.66. The van der Waals surface area contributed by atoms with Crippen LogP contribution in [0.25, 0.3) is 0 Å². The Labute approximate surface area is 161 Å². The zero-order chi connectivity index (χ0) is 19.9.